The Kier molecular flexibility index (Phi) is 7.28. The maximum atomic E-state index is 12.7. The van der Waals surface area contributed by atoms with Gasteiger partial charge in [0.15, 0.2) is 0 Å². The van der Waals surface area contributed by atoms with Gasteiger partial charge < -0.3 is 5.32 Å². The molecule has 0 atom stereocenters. The molecule has 162 valence electrons. The molecule has 7 heteroatoms. The van der Waals surface area contributed by atoms with Gasteiger partial charge in [-0.1, -0.05) is 30.2 Å². The topological polar surface area (TPSA) is 69.7 Å². The lowest BCUT2D eigenvalue weighted by molar-refractivity contribution is -0.117. The van der Waals surface area contributed by atoms with Crippen molar-refractivity contribution in [1.82, 2.24) is 9.21 Å². The summed E-state index contributed by atoms with van der Waals surface area (Å²) in [6, 6.07) is 12.8. The molecule has 0 aliphatic carbocycles. The Bertz CT molecular complexity index is 981. The second-order valence-electron chi connectivity index (χ2n) is 8.14. The van der Waals surface area contributed by atoms with E-state index in [1.807, 2.05) is 11.9 Å². The van der Waals surface area contributed by atoms with Crippen molar-refractivity contribution in [3.8, 4) is 0 Å². The van der Waals surface area contributed by atoms with Crippen LogP contribution < -0.4 is 5.32 Å². The molecule has 1 saturated heterocycles. The number of nitrogens with zero attached hydrogens (tertiary/aromatic N) is 2. The molecular weight excluding hydrogens is 398 g/mol. The molecule has 0 spiro atoms. The number of anilines is 1. The molecule has 0 unspecified atom stereocenters. The number of amides is 1. The molecule has 2 aromatic rings. The third-order valence-electron chi connectivity index (χ3n) is 5.44. The van der Waals surface area contributed by atoms with Crippen LogP contribution >= 0.6 is 0 Å². The minimum atomic E-state index is -3.46. The van der Waals surface area contributed by atoms with Crippen LogP contribution in [0.1, 0.15) is 36.0 Å². The Labute approximate surface area is 179 Å². The summed E-state index contributed by atoms with van der Waals surface area (Å²) < 4.78 is 27.0. The number of benzene rings is 2. The highest BCUT2D eigenvalue weighted by atomic mass is 32.2. The highest BCUT2D eigenvalue weighted by molar-refractivity contribution is 7.89. The Balaban J connectivity index is 1.56. The molecule has 1 fully saturated rings. The average Bonchev–Trinajstić information content (AvgIpc) is 2.71. The van der Waals surface area contributed by atoms with Gasteiger partial charge in [-0.25, -0.2) is 8.42 Å². The van der Waals surface area contributed by atoms with E-state index in [2.05, 4.69) is 37.4 Å². The summed E-state index contributed by atoms with van der Waals surface area (Å²) in [5.74, 6) is -0.131. The van der Waals surface area contributed by atoms with Gasteiger partial charge in [0.1, 0.15) is 0 Å². The van der Waals surface area contributed by atoms with Crippen LogP contribution in [0.25, 0.3) is 0 Å². The summed E-state index contributed by atoms with van der Waals surface area (Å²) >= 11 is 0. The lowest BCUT2D eigenvalue weighted by Gasteiger charge is -2.25. The molecule has 0 bridgehead atoms. The van der Waals surface area contributed by atoms with E-state index in [1.54, 1.807) is 28.6 Å². The van der Waals surface area contributed by atoms with Crippen LogP contribution in [0.2, 0.25) is 0 Å². The van der Waals surface area contributed by atoms with Crippen LogP contribution in [-0.4, -0.2) is 50.2 Å². The Morgan fingerprint density at radius 2 is 1.70 bits per heavy atom. The number of rotatable bonds is 7. The molecule has 1 aliphatic heterocycles. The SMILES string of the molecule is Cc1ccc(CN(C)CC(=O)Nc2ccc(S(=O)(=O)N3CCCCC3)cc2)c(C)c1. The third kappa shape index (κ3) is 5.68. The highest BCUT2D eigenvalue weighted by Gasteiger charge is 2.25. The minimum absolute atomic E-state index is 0.131. The Hall–Kier alpha value is -2.22. The van der Waals surface area contributed by atoms with Gasteiger partial charge in [0.05, 0.1) is 11.4 Å². The lowest BCUT2D eigenvalue weighted by atomic mass is 10.1. The van der Waals surface area contributed by atoms with Gasteiger partial charge in [0.25, 0.3) is 0 Å². The Morgan fingerprint density at radius 3 is 2.33 bits per heavy atom. The van der Waals surface area contributed by atoms with Crippen LogP contribution in [0.4, 0.5) is 5.69 Å². The summed E-state index contributed by atoms with van der Waals surface area (Å²) in [5.41, 5.74) is 4.23. The molecule has 0 radical (unpaired) electrons. The zero-order valence-electron chi connectivity index (χ0n) is 18.0. The highest BCUT2D eigenvalue weighted by Crippen LogP contribution is 2.22. The summed E-state index contributed by atoms with van der Waals surface area (Å²) in [6.45, 7) is 6.24. The maximum absolute atomic E-state index is 12.7. The summed E-state index contributed by atoms with van der Waals surface area (Å²) in [7, 11) is -1.55. The van der Waals surface area contributed by atoms with Gasteiger partial charge >= 0.3 is 0 Å². The molecule has 0 aromatic heterocycles. The molecule has 0 saturated carbocycles. The van der Waals surface area contributed by atoms with Crippen molar-refractivity contribution in [2.75, 3.05) is 32.0 Å². The second kappa shape index (κ2) is 9.73. The van der Waals surface area contributed by atoms with E-state index in [-0.39, 0.29) is 17.3 Å². The van der Waals surface area contributed by atoms with Crippen molar-refractivity contribution in [1.29, 1.82) is 0 Å². The molecule has 1 heterocycles. The van der Waals surface area contributed by atoms with Crippen molar-refractivity contribution in [2.24, 2.45) is 0 Å². The minimum Gasteiger partial charge on any atom is -0.325 e. The maximum Gasteiger partial charge on any atom is 0.243 e. The number of hydrogen-bond donors (Lipinski definition) is 1. The first kappa shape index (κ1) is 22.5. The number of carbonyl (C=O) groups excluding carboxylic acids is 1. The molecule has 6 nitrogen and oxygen atoms in total. The first-order chi connectivity index (χ1) is 14.3. The van der Waals surface area contributed by atoms with Crippen LogP contribution in [0.15, 0.2) is 47.4 Å². The fraction of sp³-hybridized carbons (Fsp3) is 0.435. The summed E-state index contributed by atoms with van der Waals surface area (Å²) in [4.78, 5) is 14.6. The van der Waals surface area contributed by atoms with Gasteiger partial charge in [-0.05, 0) is 69.1 Å². The van der Waals surface area contributed by atoms with E-state index in [4.69, 9.17) is 0 Å². The van der Waals surface area contributed by atoms with Crippen molar-refractivity contribution < 1.29 is 13.2 Å². The summed E-state index contributed by atoms with van der Waals surface area (Å²) in [5, 5.41) is 2.85. The van der Waals surface area contributed by atoms with Crippen LogP contribution in [0.5, 0.6) is 0 Å². The zero-order chi connectivity index (χ0) is 21.7. The molecule has 1 amide bonds. The smallest absolute Gasteiger partial charge is 0.243 e. The van der Waals surface area contributed by atoms with Crippen LogP contribution in [0, 0.1) is 13.8 Å². The first-order valence-corrected chi connectivity index (χ1v) is 11.8. The fourth-order valence-electron chi connectivity index (χ4n) is 3.78. The normalized spacial score (nSPS) is 15.3. The van der Waals surface area contributed by atoms with E-state index in [0.29, 0.717) is 25.3 Å². The quantitative estimate of drug-likeness (QED) is 0.731. The molecular formula is C23H31N3O3S. The van der Waals surface area contributed by atoms with Crippen LogP contribution in [-0.2, 0) is 21.4 Å². The standard InChI is InChI=1S/C23H31N3O3S/c1-18-7-8-20(19(2)15-18)16-25(3)17-23(27)24-21-9-11-22(12-10-21)30(28,29)26-13-5-4-6-14-26/h7-12,15H,4-6,13-14,16-17H2,1-3H3,(H,24,27). The van der Waals surface area contributed by atoms with Crippen molar-refractivity contribution in [2.45, 2.75) is 44.6 Å². The predicted molar refractivity (Wildman–Crippen MR) is 120 cm³/mol. The molecule has 30 heavy (non-hydrogen) atoms. The van der Waals surface area contributed by atoms with Gasteiger partial charge in [-0.2, -0.15) is 4.31 Å². The van der Waals surface area contributed by atoms with E-state index < -0.39 is 10.0 Å². The van der Waals surface area contributed by atoms with E-state index >= 15 is 0 Å². The predicted octanol–water partition coefficient (Wildman–Crippen LogP) is 3.55. The van der Waals surface area contributed by atoms with Gasteiger partial charge in [-0.15, -0.1) is 0 Å². The van der Waals surface area contributed by atoms with Gasteiger partial charge in [-0.3, -0.25) is 9.69 Å². The number of sulfonamides is 1. The van der Waals surface area contributed by atoms with E-state index in [1.165, 1.54) is 16.7 Å². The molecule has 1 N–H and O–H groups in total. The fourth-order valence-corrected chi connectivity index (χ4v) is 5.30. The number of carbonyl (C=O) groups is 1. The molecule has 2 aromatic carbocycles. The molecule has 3 rings (SSSR count). The average molecular weight is 430 g/mol. The van der Waals surface area contributed by atoms with Gasteiger partial charge in [0.2, 0.25) is 15.9 Å². The van der Waals surface area contributed by atoms with Crippen molar-refractivity contribution in [3.05, 3.63) is 59.2 Å². The largest absolute Gasteiger partial charge is 0.325 e. The third-order valence-corrected chi connectivity index (χ3v) is 7.36. The number of nitrogens with one attached hydrogen (secondary N) is 1. The summed E-state index contributed by atoms with van der Waals surface area (Å²) in [6.07, 6.45) is 2.89. The zero-order valence-corrected chi connectivity index (χ0v) is 18.8. The number of hydrogen-bond acceptors (Lipinski definition) is 4. The van der Waals surface area contributed by atoms with E-state index in [0.717, 1.165) is 19.3 Å². The first-order valence-electron chi connectivity index (χ1n) is 10.4. The Morgan fingerprint density at radius 1 is 1.03 bits per heavy atom. The molecule has 1 aliphatic rings. The second-order valence-corrected chi connectivity index (χ2v) is 10.1. The van der Waals surface area contributed by atoms with E-state index in [9.17, 15) is 13.2 Å². The lowest BCUT2D eigenvalue weighted by Crippen LogP contribution is -2.35. The van der Waals surface area contributed by atoms with Crippen molar-refractivity contribution in [3.63, 3.8) is 0 Å². The number of piperidine rings is 1. The number of aryl methyl sites for hydroxylation is 2. The van der Waals surface area contributed by atoms with Gasteiger partial charge in [0, 0.05) is 25.3 Å². The van der Waals surface area contributed by atoms with Crippen LogP contribution in [0.3, 0.4) is 0 Å². The monoisotopic (exact) mass is 429 g/mol. The van der Waals surface area contributed by atoms with Crippen molar-refractivity contribution >= 4 is 21.6 Å². The number of likely N-dealkylation sites (N-methyl/N-ethyl adjacent to an activating group) is 1.